The standard InChI is InChI=1S/C11H18N4O2/c1-11(7-17-6-9(11)12)10(16)13-5-8-3-4-15(2)14-8/h3-4,9H,5-7,12H2,1-2H3,(H,13,16). The van der Waals surface area contributed by atoms with Gasteiger partial charge in [-0.05, 0) is 13.0 Å². The minimum Gasteiger partial charge on any atom is -0.379 e. The normalized spacial score (nSPS) is 28.3. The van der Waals surface area contributed by atoms with Gasteiger partial charge in [0.1, 0.15) is 0 Å². The maximum absolute atomic E-state index is 12.1. The summed E-state index contributed by atoms with van der Waals surface area (Å²) in [6, 6.07) is 1.62. The minimum absolute atomic E-state index is 0.0758. The molecule has 94 valence electrons. The van der Waals surface area contributed by atoms with E-state index < -0.39 is 5.41 Å². The molecule has 1 aliphatic rings. The minimum atomic E-state index is -0.630. The average Bonchev–Trinajstić information content (AvgIpc) is 2.84. The number of carbonyl (C=O) groups excluding carboxylic acids is 1. The van der Waals surface area contributed by atoms with Crippen molar-refractivity contribution in [1.29, 1.82) is 0 Å². The molecule has 1 amide bonds. The highest BCUT2D eigenvalue weighted by Crippen LogP contribution is 2.27. The van der Waals surface area contributed by atoms with E-state index in [9.17, 15) is 4.79 Å². The van der Waals surface area contributed by atoms with E-state index in [2.05, 4.69) is 10.4 Å². The van der Waals surface area contributed by atoms with Gasteiger partial charge >= 0.3 is 0 Å². The number of nitrogens with zero attached hydrogens (tertiary/aromatic N) is 2. The van der Waals surface area contributed by atoms with Gasteiger partial charge in [0.15, 0.2) is 0 Å². The second kappa shape index (κ2) is 4.46. The molecule has 0 aromatic carbocycles. The van der Waals surface area contributed by atoms with Crippen molar-refractivity contribution in [2.24, 2.45) is 18.2 Å². The molecule has 0 saturated carbocycles. The van der Waals surface area contributed by atoms with Gasteiger partial charge in [-0.3, -0.25) is 9.48 Å². The molecule has 2 heterocycles. The molecule has 1 aromatic rings. The third-order valence-corrected chi connectivity index (χ3v) is 3.24. The summed E-state index contributed by atoms with van der Waals surface area (Å²) in [6.45, 7) is 3.07. The number of hydrogen-bond donors (Lipinski definition) is 2. The highest BCUT2D eigenvalue weighted by molar-refractivity contribution is 5.83. The van der Waals surface area contributed by atoms with Crippen LogP contribution in [-0.2, 0) is 23.1 Å². The Balaban J connectivity index is 1.93. The van der Waals surface area contributed by atoms with Crippen molar-refractivity contribution in [3.8, 4) is 0 Å². The van der Waals surface area contributed by atoms with Gasteiger partial charge in [0.05, 0.1) is 30.9 Å². The van der Waals surface area contributed by atoms with E-state index in [1.165, 1.54) is 0 Å². The molecule has 6 nitrogen and oxygen atoms in total. The van der Waals surface area contributed by atoms with Crippen molar-refractivity contribution in [3.05, 3.63) is 18.0 Å². The highest BCUT2D eigenvalue weighted by Gasteiger charge is 2.44. The fourth-order valence-electron chi connectivity index (χ4n) is 1.85. The maximum Gasteiger partial charge on any atom is 0.230 e. The predicted octanol–water partition coefficient (Wildman–Crippen LogP) is -0.600. The van der Waals surface area contributed by atoms with Crippen LogP contribution >= 0.6 is 0 Å². The first-order valence-corrected chi connectivity index (χ1v) is 5.62. The summed E-state index contributed by atoms with van der Waals surface area (Å²) in [6.07, 6.45) is 1.84. The topological polar surface area (TPSA) is 82.2 Å². The van der Waals surface area contributed by atoms with E-state index in [0.717, 1.165) is 5.69 Å². The first-order valence-electron chi connectivity index (χ1n) is 5.62. The van der Waals surface area contributed by atoms with Crippen LogP contribution in [0.2, 0.25) is 0 Å². The van der Waals surface area contributed by atoms with Crippen molar-refractivity contribution < 1.29 is 9.53 Å². The van der Waals surface area contributed by atoms with Crippen LogP contribution in [0.3, 0.4) is 0 Å². The molecular formula is C11H18N4O2. The third kappa shape index (κ3) is 2.32. The Kier molecular flexibility index (Phi) is 3.17. The molecule has 1 aromatic heterocycles. The van der Waals surface area contributed by atoms with Crippen molar-refractivity contribution in [1.82, 2.24) is 15.1 Å². The van der Waals surface area contributed by atoms with E-state index in [0.29, 0.717) is 19.8 Å². The predicted molar refractivity (Wildman–Crippen MR) is 62.0 cm³/mol. The Morgan fingerprint density at radius 2 is 2.59 bits per heavy atom. The van der Waals surface area contributed by atoms with Crippen LogP contribution in [0.1, 0.15) is 12.6 Å². The molecule has 0 radical (unpaired) electrons. The number of ether oxygens (including phenoxy) is 1. The lowest BCUT2D eigenvalue weighted by Gasteiger charge is -2.25. The fourth-order valence-corrected chi connectivity index (χ4v) is 1.85. The Hall–Kier alpha value is -1.40. The molecule has 2 atom stereocenters. The molecule has 2 rings (SSSR count). The SMILES string of the molecule is Cn1ccc(CNC(=O)C2(C)COCC2N)n1. The van der Waals surface area contributed by atoms with Crippen molar-refractivity contribution >= 4 is 5.91 Å². The molecular weight excluding hydrogens is 220 g/mol. The van der Waals surface area contributed by atoms with Crippen LogP contribution in [0.5, 0.6) is 0 Å². The van der Waals surface area contributed by atoms with Gasteiger partial charge in [-0.2, -0.15) is 5.10 Å². The number of hydrogen-bond acceptors (Lipinski definition) is 4. The summed E-state index contributed by atoms with van der Waals surface area (Å²) < 4.78 is 6.95. The van der Waals surface area contributed by atoms with Gasteiger partial charge in [-0.15, -0.1) is 0 Å². The average molecular weight is 238 g/mol. The van der Waals surface area contributed by atoms with Gasteiger partial charge in [0.2, 0.25) is 5.91 Å². The molecule has 2 unspecified atom stereocenters. The summed E-state index contributed by atoms with van der Waals surface area (Å²) in [4.78, 5) is 12.1. The molecule has 3 N–H and O–H groups in total. The van der Waals surface area contributed by atoms with E-state index in [1.54, 1.807) is 4.68 Å². The smallest absolute Gasteiger partial charge is 0.230 e. The quantitative estimate of drug-likeness (QED) is 0.736. The summed E-state index contributed by atoms with van der Waals surface area (Å²) in [7, 11) is 1.84. The van der Waals surface area contributed by atoms with Crippen LogP contribution in [0.25, 0.3) is 0 Å². The van der Waals surface area contributed by atoms with Crippen LogP contribution in [0.4, 0.5) is 0 Å². The van der Waals surface area contributed by atoms with Gasteiger partial charge in [-0.1, -0.05) is 0 Å². The zero-order chi connectivity index (χ0) is 12.5. The second-order valence-electron chi connectivity index (χ2n) is 4.70. The molecule has 1 fully saturated rings. The lowest BCUT2D eigenvalue weighted by molar-refractivity contribution is -0.130. The van der Waals surface area contributed by atoms with Crippen LogP contribution in [-0.4, -0.2) is 34.9 Å². The number of amides is 1. The van der Waals surface area contributed by atoms with Crippen molar-refractivity contribution in [3.63, 3.8) is 0 Å². The Morgan fingerprint density at radius 3 is 3.12 bits per heavy atom. The molecule has 1 aliphatic heterocycles. The monoisotopic (exact) mass is 238 g/mol. The zero-order valence-corrected chi connectivity index (χ0v) is 10.1. The first-order chi connectivity index (χ1) is 8.02. The molecule has 17 heavy (non-hydrogen) atoms. The number of nitrogens with one attached hydrogen (secondary N) is 1. The molecule has 1 saturated heterocycles. The maximum atomic E-state index is 12.1. The van der Waals surface area contributed by atoms with E-state index in [-0.39, 0.29) is 11.9 Å². The lowest BCUT2D eigenvalue weighted by atomic mass is 9.85. The van der Waals surface area contributed by atoms with Gasteiger partial charge in [-0.25, -0.2) is 0 Å². The first kappa shape index (κ1) is 12.1. The Bertz CT molecular complexity index is 417. The zero-order valence-electron chi connectivity index (χ0n) is 10.1. The highest BCUT2D eigenvalue weighted by atomic mass is 16.5. The number of aromatic nitrogens is 2. The number of rotatable bonds is 3. The van der Waals surface area contributed by atoms with E-state index >= 15 is 0 Å². The van der Waals surface area contributed by atoms with E-state index in [1.807, 2.05) is 26.2 Å². The largest absolute Gasteiger partial charge is 0.379 e. The number of aryl methyl sites for hydroxylation is 1. The molecule has 0 bridgehead atoms. The Labute approximate surface area is 100 Å². The summed E-state index contributed by atoms with van der Waals surface area (Å²) in [5.41, 5.74) is 6.08. The second-order valence-corrected chi connectivity index (χ2v) is 4.70. The Morgan fingerprint density at radius 1 is 1.82 bits per heavy atom. The van der Waals surface area contributed by atoms with E-state index in [4.69, 9.17) is 10.5 Å². The molecule has 0 aliphatic carbocycles. The fraction of sp³-hybridized carbons (Fsp3) is 0.636. The van der Waals surface area contributed by atoms with Gasteiger partial charge < -0.3 is 15.8 Å². The van der Waals surface area contributed by atoms with Crippen molar-refractivity contribution in [2.45, 2.75) is 19.5 Å². The number of carbonyl (C=O) groups is 1. The summed E-state index contributed by atoms with van der Waals surface area (Å²) in [5.74, 6) is -0.0758. The number of nitrogens with two attached hydrogens (primary N) is 1. The van der Waals surface area contributed by atoms with Gasteiger partial charge in [0.25, 0.3) is 0 Å². The lowest BCUT2D eigenvalue weighted by Crippen LogP contribution is -2.49. The molecule has 0 spiro atoms. The van der Waals surface area contributed by atoms with Crippen LogP contribution in [0.15, 0.2) is 12.3 Å². The summed E-state index contributed by atoms with van der Waals surface area (Å²) in [5, 5.41) is 7.04. The van der Waals surface area contributed by atoms with Crippen LogP contribution < -0.4 is 11.1 Å². The van der Waals surface area contributed by atoms with Gasteiger partial charge in [0, 0.05) is 19.3 Å². The third-order valence-electron chi connectivity index (χ3n) is 3.24. The molecule has 6 heteroatoms. The van der Waals surface area contributed by atoms with Crippen molar-refractivity contribution in [2.75, 3.05) is 13.2 Å². The summed E-state index contributed by atoms with van der Waals surface area (Å²) >= 11 is 0. The van der Waals surface area contributed by atoms with Crippen LogP contribution in [0, 0.1) is 5.41 Å².